The van der Waals surface area contributed by atoms with Gasteiger partial charge in [0.25, 0.3) is 0 Å². The summed E-state index contributed by atoms with van der Waals surface area (Å²) >= 11 is 1.76. The van der Waals surface area contributed by atoms with Crippen molar-refractivity contribution in [1.29, 1.82) is 0 Å². The maximum Gasteiger partial charge on any atom is 0.226 e. The summed E-state index contributed by atoms with van der Waals surface area (Å²) in [5, 5.41) is 4.37. The Labute approximate surface area is 112 Å². The lowest BCUT2D eigenvalue weighted by Gasteiger charge is -2.17. The summed E-state index contributed by atoms with van der Waals surface area (Å²) in [7, 11) is 2.07. The molecule has 0 bridgehead atoms. The number of thiophene rings is 1. The van der Waals surface area contributed by atoms with Gasteiger partial charge in [0.15, 0.2) is 0 Å². The highest BCUT2D eigenvalue weighted by molar-refractivity contribution is 7.18. The van der Waals surface area contributed by atoms with E-state index >= 15 is 0 Å². The first-order valence-electron chi connectivity index (χ1n) is 6.45. The van der Waals surface area contributed by atoms with Crippen LogP contribution in [-0.4, -0.2) is 30.1 Å². The van der Waals surface area contributed by atoms with Crippen LogP contribution in [0, 0.1) is 0 Å². The van der Waals surface area contributed by atoms with Crippen LogP contribution < -0.4 is 10.2 Å². The van der Waals surface area contributed by atoms with E-state index in [0.29, 0.717) is 0 Å². The fourth-order valence-electron chi connectivity index (χ4n) is 1.81. The molecule has 0 atom stereocenters. The quantitative estimate of drug-likeness (QED) is 0.900. The lowest BCUT2D eigenvalue weighted by Crippen LogP contribution is -2.18. The number of hydrogen-bond donors (Lipinski definition) is 1. The Kier molecular flexibility index (Phi) is 4.01. The van der Waals surface area contributed by atoms with Crippen LogP contribution in [0.4, 0.5) is 11.8 Å². The lowest BCUT2D eigenvalue weighted by molar-refractivity contribution is 0.939. The van der Waals surface area contributed by atoms with Gasteiger partial charge in [-0.3, -0.25) is 0 Å². The largest absolute Gasteiger partial charge is 0.359 e. The van der Waals surface area contributed by atoms with Gasteiger partial charge in [-0.1, -0.05) is 6.92 Å². The molecule has 1 N–H and O–H groups in total. The molecule has 2 heterocycles. The van der Waals surface area contributed by atoms with Crippen LogP contribution in [0.2, 0.25) is 0 Å². The minimum atomic E-state index is 0.727. The van der Waals surface area contributed by atoms with E-state index in [2.05, 4.69) is 54.1 Å². The van der Waals surface area contributed by atoms with Gasteiger partial charge in [-0.05, 0) is 26.3 Å². The molecule has 0 fully saturated rings. The van der Waals surface area contributed by atoms with E-state index in [9.17, 15) is 0 Å². The highest BCUT2D eigenvalue weighted by Gasteiger charge is 2.13. The highest BCUT2D eigenvalue weighted by atomic mass is 32.1. The van der Waals surface area contributed by atoms with Crippen LogP contribution in [0.15, 0.2) is 6.07 Å². The van der Waals surface area contributed by atoms with Crippen molar-refractivity contribution in [3.8, 4) is 0 Å². The maximum atomic E-state index is 4.62. The number of nitrogens with one attached hydrogen (secondary N) is 1. The summed E-state index contributed by atoms with van der Waals surface area (Å²) in [6.45, 7) is 8.14. The first kappa shape index (κ1) is 13.1. The van der Waals surface area contributed by atoms with Crippen LogP contribution in [0.3, 0.4) is 0 Å². The summed E-state index contributed by atoms with van der Waals surface area (Å²) in [5.74, 6) is 1.75. The van der Waals surface area contributed by atoms with Gasteiger partial charge < -0.3 is 10.2 Å². The van der Waals surface area contributed by atoms with Crippen molar-refractivity contribution in [2.75, 3.05) is 30.4 Å². The Hall–Kier alpha value is -1.36. The number of anilines is 2. The molecule has 0 radical (unpaired) electrons. The number of nitrogens with zero attached hydrogens (tertiary/aromatic N) is 3. The normalized spacial score (nSPS) is 10.9. The van der Waals surface area contributed by atoms with E-state index in [1.165, 1.54) is 10.3 Å². The van der Waals surface area contributed by atoms with E-state index in [0.717, 1.165) is 36.1 Å². The average Bonchev–Trinajstić information content (AvgIpc) is 2.80. The smallest absolute Gasteiger partial charge is 0.226 e. The van der Waals surface area contributed by atoms with E-state index in [-0.39, 0.29) is 0 Å². The summed E-state index contributed by atoms with van der Waals surface area (Å²) < 4.78 is 0. The standard InChI is InChI=1S/C13H20N4S/c1-5-9-8-10-11(17(4)7-3)15-13(14-6-2)16-12(10)18-9/h8H,5-7H2,1-4H3,(H,14,15,16). The fraction of sp³-hybridized carbons (Fsp3) is 0.538. The summed E-state index contributed by atoms with van der Waals surface area (Å²) in [5.41, 5.74) is 0. The Balaban J connectivity index is 2.58. The molecule has 0 aliphatic heterocycles. The zero-order chi connectivity index (χ0) is 13.1. The third-order valence-electron chi connectivity index (χ3n) is 2.94. The van der Waals surface area contributed by atoms with Crippen molar-refractivity contribution in [3.05, 3.63) is 10.9 Å². The third-order valence-corrected chi connectivity index (χ3v) is 4.12. The molecule has 0 aliphatic rings. The van der Waals surface area contributed by atoms with E-state index in [1.807, 2.05) is 0 Å². The predicted octanol–water partition coefficient (Wildman–Crippen LogP) is 3.14. The molecule has 0 saturated carbocycles. The van der Waals surface area contributed by atoms with Crippen molar-refractivity contribution in [2.45, 2.75) is 27.2 Å². The molecule has 2 aromatic heterocycles. The molecule has 5 heteroatoms. The number of fused-ring (bicyclic) bond motifs is 1. The second kappa shape index (κ2) is 5.52. The number of hydrogen-bond acceptors (Lipinski definition) is 5. The molecule has 98 valence electrons. The minimum absolute atomic E-state index is 0.727. The molecule has 0 unspecified atom stereocenters. The summed E-state index contributed by atoms with van der Waals surface area (Å²) in [4.78, 5) is 13.8. The number of aryl methyl sites for hydroxylation is 1. The molecule has 0 aromatic carbocycles. The molecule has 0 saturated heterocycles. The third kappa shape index (κ3) is 2.41. The molecule has 0 amide bonds. The van der Waals surface area contributed by atoms with Crippen molar-refractivity contribution < 1.29 is 0 Å². The van der Waals surface area contributed by atoms with Crippen LogP contribution in [0.1, 0.15) is 25.6 Å². The zero-order valence-electron chi connectivity index (χ0n) is 11.4. The fourth-order valence-corrected chi connectivity index (χ4v) is 2.77. The van der Waals surface area contributed by atoms with E-state index in [4.69, 9.17) is 0 Å². The first-order valence-corrected chi connectivity index (χ1v) is 7.26. The Bertz CT molecular complexity index is 535. The van der Waals surface area contributed by atoms with Crippen molar-refractivity contribution in [3.63, 3.8) is 0 Å². The molecular formula is C13H20N4S. The van der Waals surface area contributed by atoms with Gasteiger partial charge in [-0.2, -0.15) is 4.98 Å². The SMILES string of the molecule is CCNc1nc(N(C)CC)c2cc(CC)sc2n1. The summed E-state index contributed by atoms with van der Waals surface area (Å²) in [6, 6.07) is 2.22. The van der Waals surface area contributed by atoms with Crippen LogP contribution in [0.25, 0.3) is 10.2 Å². The van der Waals surface area contributed by atoms with Gasteiger partial charge in [0.1, 0.15) is 10.6 Å². The van der Waals surface area contributed by atoms with Crippen LogP contribution >= 0.6 is 11.3 Å². The second-order valence-corrected chi connectivity index (χ2v) is 5.32. The van der Waals surface area contributed by atoms with Gasteiger partial charge in [0, 0.05) is 25.0 Å². The molecule has 2 rings (SSSR count). The van der Waals surface area contributed by atoms with Crippen LogP contribution in [-0.2, 0) is 6.42 Å². The Morgan fingerprint density at radius 1 is 1.28 bits per heavy atom. The molecule has 4 nitrogen and oxygen atoms in total. The van der Waals surface area contributed by atoms with Gasteiger partial charge >= 0.3 is 0 Å². The second-order valence-electron chi connectivity index (χ2n) is 4.20. The number of aromatic nitrogens is 2. The van der Waals surface area contributed by atoms with Crippen molar-refractivity contribution >= 4 is 33.3 Å². The average molecular weight is 264 g/mol. The molecule has 2 aromatic rings. The summed E-state index contributed by atoms with van der Waals surface area (Å²) in [6.07, 6.45) is 1.05. The van der Waals surface area contributed by atoms with Gasteiger partial charge in [0.2, 0.25) is 5.95 Å². The van der Waals surface area contributed by atoms with E-state index in [1.54, 1.807) is 11.3 Å². The molecular weight excluding hydrogens is 244 g/mol. The maximum absolute atomic E-state index is 4.62. The monoisotopic (exact) mass is 264 g/mol. The minimum Gasteiger partial charge on any atom is -0.359 e. The molecule has 0 spiro atoms. The van der Waals surface area contributed by atoms with Gasteiger partial charge in [-0.15, -0.1) is 11.3 Å². The van der Waals surface area contributed by atoms with E-state index < -0.39 is 0 Å². The topological polar surface area (TPSA) is 41.1 Å². The van der Waals surface area contributed by atoms with Crippen molar-refractivity contribution in [2.24, 2.45) is 0 Å². The van der Waals surface area contributed by atoms with Gasteiger partial charge in [0.05, 0.1) is 5.39 Å². The van der Waals surface area contributed by atoms with Crippen molar-refractivity contribution in [1.82, 2.24) is 9.97 Å². The first-order chi connectivity index (χ1) is 8.69. The molecule has 18 heavy (non-hydrogen) atoms. The van der Waals surface area contributed by atoms with Crippen LogP contribution in [0.5, 0.6) is 0 Å². The molecule has 0 aliphatic carbocycles. The number of rotatable bonds is 5. The predicted molar refractivity (Wildman–Crippen MR) is 79.9 cm³/mol. The zero-order valence-corrected chi connectivity index (χ0v) is 12.3. The highest BCUT2D eigenvalue weighted by Crippen LogP contribution is 2.31. The Morgan fingerprint density at radius 3 is 2.67 bits per heavy atom. The lowest BCUT2D eigenvalue weighted by atomic mass is 10.3. The Morgan fingerprint density at radius 2 is 2.06 bits per heavy atom. The van der Waals surface area contributed by atoms with Gasteiger partial charge in [-0.25, -0.2) is 4.98 Å².